The van der Waals surface area contributed by atoms with Gasteiger partial charge in [0, 0.05) is 20.7 Å². The number of hydrogen-bond donors (Lipinski definition) is 0. The standard InChI is InChI=1S/C10H12BrClO4S/c1-6-7(5-17(12,13)14)10(16-3)9(15-2)4-8(6)11/h4H,5H2,1-3H3. The zero-order valence-electron chi connectivity index (χ0n) is 9.58. The number of halogens is 2. The van der Waals surface area contributed by atoms with Gasteiger partial charge in [0.2, 0.25) is 9.05 Å². The lowest BCUT2D eigenvalue weighted by Crippen LogP contribution is -2.03. The topological polar surface area (TPSA) is 52.6 Å². The van der Waals surface area contributed by atoms with Crippen molar-refractivity contribution in [3.8, 4) is 11.5 Å². The van der Waals surface area contributed by atoms with Crippen molar-refractivity contribution in [2.75, 3.05) is 14.2 Å². The van der Waals surface area contributed by atoms with E-state index in [1.165, 1.54) is 14.2 Å². The third-order valence-electron chi connectivity index (χ3n) is 2.31. The Morgan fingerprint density at radius 1 is 1.35 bits per heavy atom. The van der Waals surface area contributed by atoms with Crippen LogP contribution >= 0.6 is 26.6 Å². The van der Waals surface area contributed by atoms with Gasteiger partial charge in [0.05, 0.1) is 20.0 Å². The lowest BCUT2D eigenvalue weighted by atomic mass is 10.1. The Bertz CT molecular complexity index is 528. The van der Waals surface area contributed by atoms with Gasteiger partial charge < -0.3 is 9.47 Å². The molecule has 0 radical (unpaired) electrons. The number of rotatable bonds is 4. The van der Waals surface area contributed by atoms with E-state index in [-0.39, 0.29) is 5.75 Å². The highest BCUT2D eigenvalue weighted by Crippen LogP contribution is 2.39. The van der Waals surface area contributed by atoms with Gasteiger partial charge in [0.1, 0.15) is 0 Å². The molecule has 0 amide bonds. The Morgan fingerprint density at radius 2 is 1.94 bits per heavy atom. The van der Waals surface area contributed by atoms with Crippen molar-refractivity contribution >= 4 is 35.7 Å². The summed E-state index contributed by atoms with van der Waals surface area (Å²) in [5, 5.41) is 0. The zero-order valence-corrected chi connectivity index (χ0v) is 12.7. The van der Waals surface area contributed by atoms with Crippen molar-refractivity contribution in [3.05, 3.63) is 21.7 Å². The van der Waals surface area contributed by atoms with E-state index in [1.54, 1.807) is 13.0 Å². The Hall–Kier alpha value is -0.460. The molecule has 0 aromatic heterocycles. The second-order valence-corrected chi connectivity index (χ2v) is 7.01. The van der Waals surface area contributed by atoms with Gasteiger partial charge >= 0.3 is 0 Å². The summed E-state index contributed by atoms with van der Waals surface area (Å²) in [6.45, 7) is 1.78. The third kappa shape index (κ3) is 3.50. The SMILES string of the molecule is COc1cc(Br)c(C)c(CS(=O)(=O)Cl)c1OC. The molecule has 0 saturated heterocycles. The van der Waals surface area contributed by atoms with Crippen molar-refractivity contribution in [2.24, 2.45) is 0 Å². The van der Waals surface area contributed by atoms with Crippen LogP contribution < -0.4 is 9.47 Å². The first kappa shape index (κ1) is 14.6. The molecule has 1 rings (SSSR count). The van der Waals surface area contributed by atoms with Gasteiger partial charge in [-0.3, -0.25) is 0 Å². The van der Waals surface area contributed by atoms with Gasteiger partial charge in [0.25, 0.3) is 0 Å². The summed E-state index contributed by atoms with van der Waals surface area (Å²) in [6, 6.07) is 1.72. The highest BCUT2D eigenvalue weighted by Gasteiger charge is 2.20. The van der Waals surface area contributed by atoms with Crippen molar-refractivity contribution in [2.45, 2.75) is 12.7 Å². The summed E-state index contributed by atoms with van der Waals surface area (Å²) >= 11 is 3.34. The van der Waals surface area contributed by atoms with E-state index in [0.29, 0.717) is 17.1 Å². The Kier molecular flexibility index (Phi) is 4.69. The lowest BCUT2D eigenvalue weighted by Gasteiger charge is -2.15. The minimum atomic E-state index is -3.66. The Morgan fingerprint density at radius 3 is 2.35 bits per heavy atom. The molecule has 0 N–H and O–H groups in total. The molecule has 96 valence electrons. The maximum Gasteiger partial charge on any atom is 0.236 e. The first-order valence-electron chi connectivity index (χ1n) is 4.62. The third-order valence-corrected chi connectivity index (χ3v) is 4.09. The molecule has 4 nitrogen and oxygen atoms in total. The largest absolute Gasteiger partial charge is 0.493 e. The average Bonchev–Trinajstić information content (AvgIpc) is 2.22. The van der Waals surface area contributed by atoms with E-state index in [1.807, 2.05) is 0 Å². The normalized spacial score (nSPS) is 11.4. The van der Waals surface area contributed by atoms with Gasteiger partial charge in [0.15, 0.2) is 11.5 Å². The molecule has 7 heteroatoms. The van der Waals surface area contributed by atoms with Crippen molar-refractivity contribution in [1.82, 2.24) is 0 Å². The first-order chi connectivity index (χ1) is 7.80. The van der Waals surface area contributed by atoms with Crippen molar-refractivity contribution in [3.63, 3.8) is 0 Å². The maximum absolute atomic E-state index is 11.2. The predicted molar refractivity (Wildman–Crippen MR) is 70.5 cm³/mol. The molecular weight excluding hydrogens is 332 g/mol. The number of ether oxygens (including phenoxy) is 2. The molecule has 0 spiro atoms. The fourth-order valence-corrected chi connectivity index (χ4v) is 2.94. The van der Waals surface area contributed by atoms with E-state index in [4.69, 9.17) is 20.2 Å². The van der Waals surface area contributed by atoms with Crippen LogP contribution in [0.1, 0.15) is 11.1 Å². The minimum absolute atomic E-state index is 0.306. The molecule has 0 unspecified atom stereocenters. The van der Waals surface area contributed by atoms with Crippen LogP contribution in [-0.2, 0) is 14.8 Å². The van der Waals surface area contributed by atoms with Crippen LogP contribution in [0.2, 0.25) is 0 Å². The molecule has 1 aromatic carbocycles. The van der Waals surface area contributed by atoms with Gasteiger partial charge in [-0.15, -0.1) is 0 Å². The Labute approximate surface area is 113 Å². The Balaban J connectivity index is 3.49. The molecule has 1 aromatic rings. The zero-order chi connectivity index (χ0) is 13.2. The fraction of sp³-hybridized carbons (Fsp3) is 0.400. The van der Waals surface area contributed by atoms with Crippen molar-refractivity contribution < 1.29 is 17.9 Å². The van der Waals surface area contributed by atoms with Gasteiger partial charge in [-0.1, -0.05) is 15.9 Å². The van der Waals surface area contributed by atoms with Crippen LogP contribution in [-0.4, -0.2) is 22.6 Å². The molecule has 17 heavy (non-hydrogen) atoms. The fourth-order valence-electron chi connectivity index (χ4n) is 1.47. The number of methoxy groups -OCH3 is 2. The van der Waals surface area contributed by atoms with Gasteiger partial charge in [-0.05, 0) is 18.6 Å². The monoisotopic (exact) mass is 342 g/mol. The highest BCUT2D eigenvalue weighted by molar-refractivity contribution is 9.10. The quantitative estimate of drug-likeness (QED) is 0.789. The molecule has 0 aliphatic rings. The van der Waals surface area contributed by atoms with E-state index in [0.717, 1.165) is 10.0 Å². The smallest absolute Gasteiger partial charge is 0.236 e. The molecule has 0 fully saturated rings. The van der Waals surface area contributed by atoms with Crippen LogP contribution in [0.4, 0.5) is 0 Å². The molecule has 0 heterocycles. The highest BCUT2D eigenvalue weighted by atomic mass is 79.9. The second-order valence-electron chi connectivity index (χ2n) is 3.38. The summed E-state index contributed by atoms with van der Waals surface area (Å²) in [4.78, 5) is 0. The van der Waals surface area contributed by atoms with E-state index >= 15 is 0 Å². The molecule has 0 bridgehead atoms. The summed E-state index contributed by atoms with van der Waals surface area (Å²) < 4.78 is 33.4. The maximum atomic E-state index is 11.2. The summed E-state index contributed by atoms with van der Waals surface area (Å²) in [7, 11) is 4.56. The van der Waals surface area contributed by atoms with Gasteiger partial charge in [-0.25, -0.2) is 8.42 Å². The molecule has 0 aliphatic heterocycles. The predicted octanol–water partition coefficient (Wildman–Crippen LogP) is 2.84. The number of benzene rings is 1. The van der Waals surface area contributed by atoms with Crippen LogP contribution in [0.15, 0.2) is 10.5 Å². The molecule has 0 aliphatic carbocycles. The van der Waals surface area contributed by atoms with Crippen LogP contribution in [0.25, 0.3) is 0 Å². The lowest BCUT2D eigenvalue weighted by molar-refractivity contribution is 0.352. The first-order valence-corrected chi connectivity index (χ1v) is 7.89. The van der Waals surface area contributed by atoms with Crippen molar-refractivity contribution in [1.29, 1.82) is 0 Å². The molecule has 0 saturated carbocycles. The van der Waals surface area contributed by atoms with E-state index < -0.39 is 9.05 Å². The second kappa shape index (κ2) is 5.46. The molecular formula is C10H12BrClO4S. The van der Waals surface area contributed by atoms with Crippen LogP contribution in [0, 0.1) is 6.92 Å². The summed E-state index contributed by atoms with van der Waals surface area (Å²) in [5.74, 6) is 0.539. The molecule has 0 atom stereocenters. The average molecular weight is 344 g/mol. The summed E-state index contributed by atoms with van der Waals surface area (Å²) in [6.07, 6.45) is 0. The minimum Gasteiger partial charge on any atom is -0.493 e. The van der Waals surface area contributed by atoms with E-state index in [2.05, 4.69) is 15.9 Å². The number of hydrogen-bond acceptors (Lipinski definition) is 4. The van der Waals surface area contributed by atoms with E-state index in [9.17, 15) is 8.42 Å². The van der Waals surface area contributed by atoms with Crippen LogP contribution in [0.3, 0.4) is 0 Å². The summed E-state index contributed by atoms with van der Waals surface area (Å²) in [5.41, 5.74) is 1.25. The van der Waals surface area contributed by atoms with Gasteiger partial charge in [-0.2, -0.15) is 0 Å². The van der Waals surface area contributed by atoms with Crippen LogP contribution in [0.5, 0.6) is 11.5 Å².